The molecule has 1 aliphatic heterocycles. The highest BCUT2D eigenvalue weighted by molar-refractivity contribution is 9.11. The van der Waals surface area contributed by atoms with Gasteiger partial charge < -0.3 is 4.74 Å². The van der Waals surface area contributed by atoms with Gasteiger partial charge in [-0.2, -0.15) is 0 Å². The third-order valence-electron chi connectivity index (χ3n) is 4.94. The van der Waals surface area contributed by atoms with E-state index in [2.05, 4.69) is 37.2 Å². The molecule has 7 nitrogen and oxygen atoms in total. The van der Waals surface area contributed by atoms with E-state index < -0.39 is 23.8 Å². The van der Waals surface area contributed by atoms with E-state index >= 15 is 0 Å². The minimum absolute atomic E-state index is 0.0870. The molecule has 4 amide bonds. The standard InChI is InChI=1S/C26H15Br2ClN2O5/c27-17-12-16(23(21(28)14-17)36-22(32)11-6-15-4-2-1-3-5-15)13-20-24(33)30-26(35)31(25(20)34)19-9-7-18(29)8-10-19/h1-14H,(H,30,33,35)/b11-6+,20-13-. The number of barbiturate groups is 1. The van der Waals surface area contributed by atoms with Crippen molar-refractivity contribution in [2.75, 3.05) is 4.90 Å². The molecule has 0 spiro atoms. The highest BCUT2D eigenvalue weighted by Gasteiger charge is 2.37. The van der Waals surface area contributed by atoms with Crippen molar-refractivity contribution >= 4 is 85.1 Å². The van der Waals surface area contributed by atoms with E-state index in [9.17, 15) is 19.2 Å². The molecule has 0 aliphatic carbocycles. The number of nitrogens with one attached hydrogen (secondary N) is 1. The lowest BCUT2D eigenvalue weighted by Crippen LogP contribution is -2.54. The lowest BCUT2D eigenvalue weighted by Gasteiger charge is -2.26. The van der Waals surface area contributed by atoms with E-state index in [-0.39, 0.29) is 22.6 Å². The van der Waals surface area contributed by atoms with Gasteiger partial charge in [0.2, 0.25) is 0 Å². The summed E-state index contributed by atoms with van der Waals surface area (Å²) < 4.78 is 6.53. The van der Waals surface area contributed by atoms with Gasteiger partial charge in [0.25, 0.3) is 11.8 Å². The molecule has 10 heteroatoms. The Morgan fingerprint density at radius 2 is 1.67 bits per heavy atom. The first-order valence-electron chi connectivity index (χ1n) is 10.3. The first kappa shape index (κ1) is 25.6. The normalized spacial score (nSPS) is 14.9. The Morgan fingerprint density at radius 1 is 0.972 bits per heavy atom. The van der Waals surface area contributed by atoms with Crippen LogP contribution in [0.25, 0.3) is 12.2 Å². The maximum atomic E-state index is 13.2. The van der Waals surface area contributed by atoms with Crippen LogP contribution >= 0.6 is 43.5 Å². The summed E-state index contributed by atoms with van der Waals surface area (Å²) in [5.41, 5.74) is 0.963. The predicted octanol–water partition coefficient (Wildman–Crippen LogP) is 6.15. The quantitative estimate of drug-likeness (QED) is 0.158. The molecule has 3 aromatic carbocycles. The molecule has 1 fully saturated rings. The maximum absolute atomic E-state index is 13.2. The van der Waals surface area contributed by atoms with E-state index in [1.807, 2.05) is 30.3 Å². The number of carbonyl (C=O) groups is 4. The van der Waals surface area contributed by atoms with Gasteiger partial charge in [-0.1, -0.05) is 57.9 Å². The maximum Gasteiger partial charge on any atom is 0.336 e. The topological polar surface area (TPSA) is 92.8 Å². The van der Waals surface area contributed by atoms with Gasteiger partial charge in [0, 0.05) is 21.1 Å². The summed E-state index contributed by atoms with van der Waals surface area (Å²) in [6.07, 6.45) is 4.12. The number of nitrogens with zero attached hydrogens (tertiary/aromatic N) is 1. The first-order chi connectivity index (χ1) is 17.2. The van der Waals surface area contributed by atoms with Crippen molar-refractivity contribution in [2.24, 2.45) is 0 Å². The molecule has 1 saturated heterocycles. The number of imide groups is 2. The molecule has 36 heavy (non-hydrogen) atoms. The second-order valence-corrected chi connectivity index (χ2v) is 9.61. The van der Waals surface area contributed by atoms with Gasteiger partial charge >= 0.3 is 12.0 Å². The molecule has 0 saturated carbocycles. The molecule has 0 radical (unpaired) electrons. The summed E-state index contributed by atoms with van der Waals surface area (Å²) in [5, 5.41) is 2.57. The lowest BCUT2D eigenvalue weighted by atomic mass is 10.1. The Balaban J connectivity index is 1.68. The Labute approximate surface area is 227 Å². The molecular formula is C26H15Br2ClN2O5. The van der Waals surface area contributed by atoms with E-state index in [1.165, 1.54) is 36.4 Å². The van der Waals surface area contributed by atoms with Gasteiger partial charge in [0.15, 0.2) is 5.75 Å². The van der Waals surface area contributed by atoms with Crippen LogP contribution in [0.5, 0.6) is 5.75 Å². The molecule has 1 N–H and O–H groups in total. The molecule has 0 bridgehead atoms. The summed E-state index contributed by atoms with van der Waals surface area (Å²) in [4.78, 5) is 51.6. The third kappa shape index (κ3) is 5.81. The predicted molar refractivity (Wildman–Crippen MR) is 143 cm³/mol. The van der Waals surface area contributed by atoms with E-state index in [0.29, 0.717) is 14.0 Å². The second-order valence-electron chi connectivity index (χ2n) is 7.41. The van der Waals surface area contributed by atoms with Gasteiger partial charge in [-0.05, 0) is 70.0 Å². The van der Waals surface area contributed by atoms with E-state index in [1.54, 1.807) is 18.2 Å². The third-order valence-corrected chi connectivity index (χ3v) is 6.24. The SMILES string of the molecule is O=C(/C=C/c1ccccc1)Oc1c(Br)cc(Br)cc1/C=C1/C(=O)NC(=O)N(c2ccc(Cl)cc2)C1=O. The van der Waals surface area contributed by atoms with Crippen molar-refractivity contribution in [2.45, 2.75) is 0 Å². The zero-order valence-corrected chi connectivity index (χ0v) is 22.1. The number of ether oxygens (including phenoxy) is 1. The number of rotatable bonds is 5. The van der Waals surface area contributed by atoms with Gasteiger partial charge in [0.05, 0.1) is 10.2 Å². The number of halogens is 3. The fourth-order valence-electron chi connectivity index (χ4n) is 3.30. The number of hydrogen-bond acceptors (Lipinski definition) is 5. The summed E-state index contributed by atoms with van der Waals surface area (Å²) in [6.45, 7) is 0. The molecular weight excluding hydrogens is 616 g/mol. The van der Waals surface area contributed by atoms with E-state index in [4.69, 9.17) is 16.3 Å². The molecule has 4 rings (SSSR count). The summed E-state index contributed by atoms with van der Waals surface area (Å²) in [7, 11) is 0. The Morgan fingerprint density at radius 3 is 2.36 bits per heavy atom. The van der Waals surface area contributed by atoms with Crippen LogP contribution in [-0.4, -0.2) is 23.8 Å². The van der Waals surface area contributed by atoms with Crippen LogP contribution in [0.15, 0.2) is 87.3 Å². The van der Waals surface area contributed by atoms with Crippen molar-refractivity contribution in [3.63, 3.8) is 0 Å². The number of carbonyl (C=O) groups excluding carboxylic acids is 4. The molecule has 0 aromatic heterocycles. The van der Waals surface area contributed by atoms with Gasteiger partial charge in [-0.3, -0.25) is 14.9 Å². The average molecular weight is 631 g/mol. The van der Waals surface area contributed by atoms with Crippen LogP contribution in [0.3, 0.4) is 0 Å². The highest BCUT2D eigenvalue weighted by atomic mass is 79.9. The minimum atomic E-state index is -0.891. The van der Waals surface area contributed by atoms with Crippen LogP contribution in [-0.2, 0) is 14.4 Å². The van der Waals surface area contributed by atoms with Crippen molar-refractivity contribution in [1.82, 2.24) is 5.32 Å². The van der Waals surface area contributed by atoms with Gasteiger partial charge in [-0.15, -0.1) is 0 Å². The molecule has 0 unspecified atom stereocenters. The molecule has 1 heterocycles. The molecule has 1 aliphatic rings. The molecule has 0 atom stereocenters. The van der Waals surface area contributed by atoms with Crippen molar-refractivity contribution in [1.29, 1.82) is 0 Å². The zero-order chi connectivity index (χ0) is 25.8. The fourth-order valence-corrected chi connectivity index (χ4v) is 4.76. The van der Waals surface area contributed by atoms with Crippen molar-refractivity contribution < 1.29 is 23.9 Å². The van der Waals surface area contributed by atoms with E-state index in [0.717, 1.165) is 10.5 Å². The van der Waals surface area contributed by atoms with Gasteiger partial charge in [-0.25, -0.2) is 14.5 Å². The molecule has 3 aromatic rings. The van der Waals surface area contributed by atoms with Gasteiger partial charge in [0.1, 0.15) is 5.57 Å². The minimum Gasteiger partial charge on any atom is -0.422 e. The van der Waals surface area contributed by atoms with Crippen LogP contribution in [0, 0.1) is 0 Å². The summed E-state index contributed by atoms with van der Waals surface area (Å²) in [5.74, 6) is -2.31. The van der Waals surface area contributed by atoms with Crippen LogP contribution < -0.4 is 15.0 Å². The summed E-state index contributed by atoms with van der Waals surface area (Å²) in [6, 6.07) is 17.5. The second kappa shape index (κ2) is 11.0. The number of hydrogen-bond donors (Lipinski definition) is 1. The Kier molecular flexibility index (Phi) is 7.83. The number of anilines is 1. The number of urea groups is 1. The highest BCUT2D eigenvalue weighted by Crippen LogP contribution is 2.35. The fraction of sp³-hybridized carbons (Fsp3) is 0. The Hall–Kier alpha value is -3.53. The first-order valence-corrected chi connectivity index (χ1v) is 12.3. The van der Waals surface area contributed by atoms with Crippen molar-refractivity contribution in [3.05, 3.63) is 103 Å². The smallest absolute Gasteiger partial charge is 0.336 e. The zero-order valence-electron chi connectivity index (χ0n) is 18.2. The Bertz CT molecular complexity index is 1440. The monoisotopic (exact) mass is 628 g/mol. The van der Waals surface area contributed by atoms with Crippen LogP contribution in [0.2, 0.25) is 5.02 Å². The lowest BCUT2D eigenvalue weighted by molar-refractivity contribution is -0.129. The van der Waals surface area contributed by atoms with Crippen molar-refractivity contribution in [3.8, 4) is 5.75 Å². The molecule has 180 valence electrons. The largest absolute Gasteiger partial charge is 0.422 e. The summed E-state index contributed by atoms with van der Waals surface area (Å²) >= 11 is 12.6. The number of amides is 4. The number of esters is 1. The number of benzene rings is 3. The van der Waals surface area contributed by atoms with Crippen LogP contribution in [0.4, 0.5) is 10.5 Å². The average Bonchev–Trinajstić information content (AvgIpc) is 2.84. The van der Waals surface area contributed by atoms with Crippen LogP contribution in [0.1, 0.15) is 11.1 Å².